The average Bonchev–Trinajstić information content (AvgIpc) is 2.33. The Kier molecular flexibility index (Phi) is 4.95. The average molecular weight is 252 g/mol. The fourth-order valence-corrected chi connectivity index (χ4v) is 1.61. The van der Waals surface area contributed by atoms with Crippen LogP contribution < -0.4 is 11.1 Å². The number of hydrogen-bond donors (Lipinski definition) is 2. The highest BCUT2D eigenvalue weighted by Gasteiger charge is 2.15. The van der Waals surface area contributed by atoms with Crippen molar-refractivity contribution in [1.82, 2.24) is 0 Å². The van der Waals surface area contributed by atoms with Crippen molar-refractivity contribution in [3.63, 3.8) is 0 Å². The number of benzene rings is 1. The molecule has 0 aromatic heterocycles. The van der Waals surface area contributed by atoms with Gasteiger partial charge in [0.2, 0.25) is 5.91 Å². The quantitative estimate of drug-likeness (QED) is 0.860. The second-order valence-electron chi connectivity index (χ2n) is 3.64. The molecular weight excluding hydrogens is 238 g/mol. The number of carbonyl (C=O) groups excluding carboxylic acids is 1. The number of carbonyl (C=O) groups is 1. The van der Waals surface area contributed by atoms with Crippen LogP contribution in [0.1, 0.15) is 18.9 Å². The number of halogens is 1. The lowest BCUT2D eigenvalue weighted by Gasteiger charge is -2.13. The number of nitriles is 1. The molecule has 17 heavy (non-hydrogen) atoms. The van der Waals surface area contributed by atoms with E-state index in [4.69, 9.17) is 22.6 Å². The molecule has 0 fully saturated rings. The van der Waals surface area contributed by atoms with Crippen LogP contribution in [0.15, 0.2) is 18.2 Å². The van der Waals surface area contributed by atoms with Gasteiger partial charge < -0.3 is 11.1 Å². The van der Waals surface area contributed by atoms with Gasteiger partial charge in [0.25, 0.3) is 0 Å². The number of nitrogens with one attached hydrogen (secondary N) is 1. The van der Waals surface area contributed by atoms with Gasteiger partial charge in [0.05, 0.1) is 28.3 Å². The summed E-state index contributed by atoms with van der Waals surface area (Å²) >= 11 is 5.95. The molecule has 1 amide bonds. The summed E-state index contributed by atoms with van der Waals surface area (Å²) in [5.74, 6) is -0.372. The summed E-state index contributed by atoms with van der Waals surface area (Å²) in [5.41, 5.74) is 6.44. The lowest BCUT2D eigenvalue weighted by atomic mass is 10.1. The Bertz CT molecular complexity index is 450. The Labute approximate surface area is 105 Å². The SMILES string of the molecule is CCC(CN)C(=O)Nc1ccc(C#N)cc1Cl. The Morgan fingerprint density at radius 2 is 2.35 bits per heavy atom. The highest BCUT2D eigenvalue weighted by atomic mass is 35.5. The predicted molar refractivity (Wildman–Crippen MR) is 67.6 cm³/mol. The summed E-state index contributed by atoms with van der Waals surface area (Å²) in [4.78, 5) is 11.8. The van der Waals surface area contributed by atoms with Gasteiger partial charge in [-0.1, -0.05) is 18.5 Å². The highest BCUT2D eigenvalue weighted by Crippen LogP contribution is 2.23. The number of anilines is 1. The van der Waals surface area contributed by atoms with Gasteiger partial charge in [-0.3, -0.25) is 4.79 Å². The van der Waals surface area contributed by atoms with Gasteiger partial charge in [-0.25, -0.2) is 0 Å². The van der Waals surface area contributed by atoms with E-state index in [1.165, 1.54) is 6.07 Å². The van der Waals surface area contributed by atoms with Gasteiger partial charge in [-0.05, 0) is 24.6 Å². The van der Waals surface area contributed by atoms with Crippen molar-refractivity contribution in [2.24, 2.45) is 11.7 Å². The molecular formula is C12H14ClN3O. The summed E-state index contributed by atoms with van der Waals surface area (Å²) in [6, 6.07) is 6.71. The second-order valence-corrected chi connectivity index (χ2v) is 4.04. The summed E-state index contributed by atoms with van der Waals surface area (Å²) in [6.07, 6.45) is 0.677. The van der Waals surface area contributed by atoms with Crippen LogP contribution in [0.4, 0.5) is 5.69 Å². The molecule has 1 aromatic carbocycles. The highest BCUT2D eigenvalue weighted by molar-refractivity contribution is 6.33. The molecule has 0 aliphatic rings. The predicted octanol–water partition coefficient (Wildman–Crippen LogP) is 2.14. The summed E-state index contributed by atoms with van der Waals surface area (Å²) < 4.78 is 0. The molecule has 5 heteroatoms. The minimum atomic E-state index is -0.221. The molecule has 0 saturated carbocycles. The van der Waals surface area contributed by atoms with Gasteiger partial charge in [0.1, 0.15) is 0 Å². The van der Waals surface area contributed by atoms with E-state index in [9.17, 15) is 4.79 Å². The molecule has 1 rings (SSSR count). The zero-order valence-electron chi connectivity index (χ0n) is 9.53. The maximum atomic E-state index is 11.8. The maximum Gasteiger partial charge on any atom is 0.228 e. The molecule has 0 aliphatic carbocycles. The van der Waals surface area contributed by atoms with Crippen molar-refractivity contribution in [3.05, 3.63) is 28.8 Å². The van der Waals surface area contributed by atoms with Gasteiger partial charge in [-0.15, -0.1) is 0 Å². The monoisotopic (exact) mass is 251 g/mol. The van der Waals surface area contributed by atoms with E-state index in [0.29, 0.717) is 29.2 Å². The lowest BCUT2D eigenvalue weighted by Crippen LogP contribution is -2.28. The van der Waals surface area contributed by atoms with Crippen LogP contribution in [0, 0.1) is 17.2 Å². The first-order valence-electron chi connectivity index (χ1n) is 5.33. The van der Waals surface area contributed by atoms with E-state index in [1.54, 1.807) is 12.1 Å². The van der Waals surface area contributed by atoms with Gasteiger partial charge in [0, 0.05) is 6.54 Å². The van der Waals surface area contributed by atoms with Crippen LogP contribution in [0.2, 0.25) is 5.02 Å². The molecule has 90 valence electrons. The third-order valence-corrected chi connectivity index (χ3v) is 2.82. The molecule has 0 spiro atoms. The Morgan fingerprint density at radius 1 is 1.65 bits per heavy atom. The number of nitrogens with two attached hydrogens (primary N) is 1. The first-order valence-corrected chi connectivity index (χ1v) is 5.70. The van der Waals surface area contributed by atoms with Crippen molar-refractivity contribution in [2.75, 3.05) is 11.9 Å². The number of rotatable bonds is 4. The fourth-order valence-electron chi connectivity index (χ4n) is 1.38. The van der Waals surface area contributed by atoms with E-state index >= 15 is 0 Å². The Hall–Kier alpha value is -1.57. The normalized spacial score (nSPS) is 11.6. The fraction of sp³-hybridized carbons (Fsp3) is 0.333. The maximum absolute atomic E-state index is 11.8. The zero-order chi connectivity index (χ0) is 12.8. The standard InChI is InChI=1S/C12H14ClN3O/c1-2-9(7-15)12(17)16-11-4-3-8(6-14)5-10(11)13/h3-5,9H,2,7,15H2,1H3,(H,16,17). The molecule has 1 aromatic rings. The number of nitrogens with zero attached hydrogens (tertiary/aromatic N) is 1. The zero-order valence-corrected chi connectivity index (χ0v) is 10.3. The first kappa shape index (κ1) is 13.5. The lowest BCUT2D eigenvalue weighted by molar-refractivity contribution is -0.119. The molecule has 4 nitrogen and oxygen atoms in total. The molecule has 1 unspecified atom stereocenters. The third-order valence-electron chi connectivity index (χ3n) is 2.50. The van der Waals surface area contributed by atoms with Crippen molar-refractivity contribution in [2.45, 2.75) is 13.3 Å². The van der Waals surface area contributed by atoms with Crippen molar-refractivity contribution >= 4 is 23.2 Å². The molecule has 3 N–H and O–H groups in total. The van der Waals surface area contributed by atoms with Crippen LogP contribution in [-0.4, -0.2) is 12.5 Å². The van der Waals surface area contributed by atoms with Crippen LogP contribution in [0.3, 0.4) is 0 Å². The Balaban J connectivity index is 2.82. The Morgan fingerprint density at radius 3 is 2.82 bits per heavy atom. The van der Waals surface area contributed by atoms with Crippen LogP contribution in [-0.2, 0) is 4.79 Å². The van der Waals surface area contributed by atoms with E-state index < -0.39 is 0 Å². The molecule has 0 aliphatic heterocycles. The van der Waals surface area contributed by atoms with Crippen molar-refractivity contribution in [1.29, 1.82) is 5.26 Å². The van der Waals surface area contributed by atoms with Crippen LogP contribution >= 0.6 is 11.6 Å². The van der Waals surface area contributed by atoms with Crippen molar-refractivity contribution in [3.8, 4) is 6.07 Å². The first-order chi connectivity index (χ1) is 8.12. The molecule has 0 heterocycles. The van der Waals surface area contributed by atoms with E-state index in [0.717, 1.165) is 0 Å². The number of amides is 1. The smallest absolute Gasteiger partial charge is 0.228 e. The minimum Gasteiger partial charge on any atom is -0.330 e. The molecule has 0 saturated heterocycles. The second kappa shape index (κ2) is 6.24. The summed E-state index contributed by atoms with van der Waals surface area (Å²) in [7, 11) is 0. The van der Waals surface area contributed by atoms with Crippen LogP contribution in [0.5, 0.6) is 0 Å². The van der Waals surface area contributed by atoms with Crippen LogP contribution in [0.25, 0.3) is 0 Å². The number of hydrogen-bond acceptors (Lipinski definition) is 3. The summed E-state index contributed by atoms with van der Waals surface area (Å²) in [6.45, 7) is 2.20. The van der Waals surface area contributed by atoms with Gasteiger partial charge in [0.15, 0.2) is 0 Å². The molecule has 1 atom stereocenters. The molecule has 0 radical (unpaired) electrons. The summed E-state index contributed by atoms with van der Waals surface area (Å²) in [5, 5.41) is 11.7. The molecule has 0 bridgehead atoms. The van der Waals surface area contributed by atoms with Gasteiger partial charge in [-0.2, -0.15) is 5.26 Å². The topological polar surface area (TPSA) is 78.9 Å². The van der Waals surface area contributed by atoms with E-state index in [2.05, 4.69) is 5.32 Å². The van der Waals surface area contributed by atoms with E-state index in [1.807, 2.05) is 13.0 Å². The largest absolute Gasteiger partial charge is 0.330 e. The third kappa shape index (κ3) is 3.45. The van der Waals surface area contributed by atoms with Gasteiger partial charge >= 0.3 is 0 Å². The minimum absolute atomic E-state index is 0.151. The van der Waals surface area contributed by atoms with E-state index in [-0.39, 0.29) is 11.8 Å². The van der Waals surface area contributed by atoms with Crippen molar-refractivity contribution < 1.29 is 4.79 Å².